The van der Waals surface area contributed by atoms with Gasteiger partial charge in [0.25, 0.3) is 0 Å². The number of carbonyl (C=O) groups is 1. The molecule has 1 N–H and O–H groups in total. The third kappa shape index (κ3) is 2.50. The molecule has 0 radical (unpaired) electrons. The lowest BCUT2D eigenvalue weighted by atomic mass is 10.2. The first-order valence-electron chi connectivity index (χ1n) is 6.45. The molecule has 0 aliphatic heterocycles. The number of hydrogen-bond acceptors (Lipinski definition) is 3. The lowest BCUT2D eigenvalue weighted by Crippen LogP contribution is -2.25. The van der Waals surface area contributed by atoms with E-state index in [1.165, 1.54) is 0 Å². The van der Waals surface area contributed by atoms with Crippen molar-refractivity contribution in [2.75, 3.05) is 0 Å². The molecule has 0 aromatic carbocycles. The lowest BCUT2D eigenvalue weighted by Gasteiger charge is -2.09. The summed E-state index contributed by atoms with van der Waals surface area (Å²) in [6.45, 7) is 2.61. The molecule has 98 valence electrons. The minimum atomic E-state index is 0.146. The van der Waals surface area contributed by atoms with Gasteiger partial charge in [0.2, 0.25) is 5.91 Å². The van der Waals surface area contributed by atoms with E-state index < -0.39 is 0 Å². The van der Waals surface area contributed by atoms with Crippen molar-refractivity contribution in [1.82, 2.24) is 19.9 Å². The van der Waals surface area contributed by atoms with Crippen LogP contribution in [0.1, 0.15) is 18.9 Å². The van der Waals surface area contributed by atoms with Crippen LogP contribution in [0, 0.1) is 11.8 Å². The second kappa shape index (κ2) is 4.84. The van der Waals surface area contributed by atoms with Gasteiger partial charge >= 0.3 is 0 Å². The highest BCUT2D eigenvalue weighted by Gasteiger charge is 2.38. The first-order valence-corrected chi connectivity index (χ1v) is 6.45. The molecule has 0 saturated heterocycles. The van der Waals surface area contributed by atoms with Crippen molar-refractivity contribution in [3.8, 4) is 5.82 Å². The van der Waals surface area contributed by atoms with E-state index in [2.05, 4.69) is 22.2 Å². The molecule has 1 amide bonds. The predicted octanol–water partition coefficient (Wildman–Crippen LogP) is 1.54. The van der Waals surface area contributed by atoms with Crippen molar-refractivity contribution in [3.63, 3.8) is 0 Å². The van der Waals surface area contributed by atoms with E-state index in [4.69, 9.17) is 0 Å². The number of amides is 1. The zero-order valence-corrected chi connectivity index (χ0v) is 10.8. The summed E-state index contributed by atoms with van der Waals surface area (Å²) in [6, 6.07) is 3.85. The zero-order valence-electron chi connectivity index (χ0n) is 10.8. The van der Waals surface area contributed by atoms with Gasteiger partial charge in [-0.3, -0.25) is 9.36 Å². The third-order valence-corrected chi connectivity index (χ3v) is 3.52. The number of pyridine rings is 1. The fourth-order valence-corrected chi connectivity index (χ4v) is 2.19. The van der Waals surface area contributed by atoms with Crippen LogP contribution in [0.2, 0.25) is 0 Å². The molecular weight excluding hydrogens is 240 g/mol. The van der Waals surface area contributed by atoms with E-state index in [1.54, 1.807) is 18.7 Å². The first-order chi connectivity index (χ1) is 9.25. The topological polar surface area (TPSA) is 59.8 Å². The second-order valence-electron chi connectivity index (χ2n) is 4.99. The molecule has 5 heteroatoms. The van der Waals surface area contributed by atoms with Crippen molar-refractivity contribution >= 4 is 5.91 Å². The maximum Gasteiger partial charge on any atom is 0.223 e. The second-order valence-corrected chi connectivity index (χ2v) is 4.99. The maximum absolute atomic E-state index is 11.8. The normalized spacial score (nSPS) is 21.1. The van der Waals surface area contributed by atoms with Crippen LogP contribution < -0.4 is 5.32 Å². The van der Waals surface area contributed by atoms with Crippen LogP contribution in [0.15, 0.2) is 37.1 Å². The maximum atomic E-state index is 11.8. The Morgan fingerprint density at radius 1 is 1.53 bits per heavy atom. The number of nitrogens with one attached hydrogen (secondary N) is 1. The number of carbonyl (C=O) groups excluding carboxylic acids is 1. The summed E-state index contributed by atoms with van der Waals surface area (Å²) in [5.74, 6) is 1.69. The van der Waals surface area contributed by atoms with Gasteiger partial charge < -0.3 is 5.32 Å². The molecule has 2 heterocycles. The van der Waals surface area contributed by atoms with Crippen LogP contribution in [0.3, 0.4) is 0 Å². The summed E-state index contributed by atoms with van der Waals surface area (Å²) < 4.78 is 1.85. The van der Waals surface area contributed by atoms with Crippen molar-refractivity contribution < 1.29 is 4.79 Å². The van der Waals surface area contributed by atoms with Gasteiger partial charge in [0, 0.05) is 36.6 Å². The highest BCUT2D eigenvalue weighted by molar-refractivity contribution is 5.81. The number of imidazole rings is 1. The van der Waals surface area contributed by atoms with E-state index in [9.17, 15) is 4.79 Å². The molecule has 5 nitrogen and oxygen atoms in total. The average molecular weight is 256 g/mol. The summed E-state index contributed by atoms with van der Waals surface area (Å²) in [5, 5.41) is 2.98. The van der Waals surface area contributed by atoms with Crippen molar-refractivity contribution in [2.24, 2.45) is 11.8 Å². The number of hydrogen-bond donors (Lipinski definition) is 1. The van der Waals surface area contributed by atoms with E-state index in [0.717, 1.165) is 17.8 Å². The largest absolute Gasteiger partial charge is 0.352 e. The van der Waals surface area contributed by atoms with Gasteiger partial charge in [-0.25, -0.2) is 9.97 Å². The molecule has 2 atom stereocenters. The lowest BCUT2D eigenvalue weighted by molar-refractivity contribution is -0.122. The molecule has 2 aromatic rings. The Hall–Kier alpha value is -2.17. The monoisotopic (exact) mass is 256 g/mol. The molecule has 0 bridgehead atoms. The number of aromatic nitrogens is 3. The van der Waals surface area contributed by atoms with Crippen molar-refractivity contribution in [1.29, 1.82) is 0 Å². The number of nitrogens with zero attached hydrogens (tertiary/aromatic N) is 3. The van der Waals surface area contributed by atoms with Gasteiger partial charge in [-0.15, -0.1) is 0 Å². The van der Waals surface area contributed by atoms with Crippen LogP contribution in [0.25, 0.3) is 5.82 Å². The summed E-state index contributed by atoms with van der Waals surface area (Å²) in [6.07, 6.45) is 8.01. The Morgan fingerprint density at radius 2 is 2.37 bits per heavy atom. The Balaban J connectivity index is 1.72. The summed E-state index contributed by atoms with van der Waals surface area (Å²) in [5.41, 5.74) is 0.988. The Morgan fingerprint density at radius 3 is 3.05 bits per heavy atom. The predicted molar refractivity (Wildman–Crippen MR) is 70.5 cm³/mol. The van der Waals surface area contributed by atoms with E-state index in [1.807, 2.05) is 22.9 Å². The molecule has 1 aliphatic rings. The van der Waals surface area contributed by atoms with E-state index >= 15 is 0 Å². The molecule has 1 aliphatic carbocycles. The average Bonchev–Trinajstić information content (AvgIpc) is 2.94. The van der Waals surface area contributed by atoms with Crippen LogP contribution in [0.4, 0.5) is 0 Å². The molecule has 0 spiro atoms. The van der Waals surface area contributed by atoms with Gasteiger partial charge in [0.1, 0.15) is 12.1 Å². The molecular formula is C14H16N4O. The molecule has 3 rings (SSSR count). The quantitative estimate of drug-likeness (QED) is 0.902. The van der Waals surface area contributed by atoms with Gasteiger partial charge in [0.15, 0.2) is 0 Å². The standard InChI is InChI=1S/C14H16N4O/c1-10-7-12(10)14(19)17-8-11-3-2-4-16-13(11)18-6-5-15-9-18/h2-6,9-10,12H,7-8H2,1H3,(H,17,19)/t10-,12-/m1/s1. The van der Waals surface area contributed by atoms with Gasteiger partial charge in [-0.1, -0.05) is 13.0 Å². The minimum absolute atomic E-state index is 0.146. The molecule has 2 aromatic heterocycles. The first kappa shape index (κ1) is 11.9. The Kier molecular flexibility index (Phi) is 3.03. The van der Waals surface area contributed by atoms with Gasteiger partial charge in [-0.2, -0.15) is 0 Å². The zero-order chi connectivity index (χ0) is 13.2. The highest BCUT2D eigenvalue weighted by atomic mass is 16.2. The smallest absolute Gasteiger partial charge is 0.223 e. The minimum Gasteiger partial charge on any atom is -0.352 e. The third-order valence-electron chi connectivity index (χ3n) is 3.52. The van der Waals surface area contributed by atoms with Crippen molar-refractivity contribution in [3.05, 3.63) is 42.6 Å². The molecule has 19 heavy (non-hydrogen) atoms. The summed E-state index contributed by atoms with van der Waals surface area (Å²) >= 11 is 0. The molecule has 1 saturated carbocycles. The van der Waals surface area contributed by atoms with Crippen LogP contribution in [-0.4, -0.2) is 20.4 Å². The summed E-state index contributed by atoms with van der Waals surface area (Å²) in [7, 11) is 0. The highest BCUT2D eigenvalue weighted by Crippen LogP contribution is 2.37. The van der Waals surface area contributed by atoms with Crippen LogP contribution in [0.5, 0.6) is 0 Å². The number of rotatable bonds is 4. The van der Waals surface area contributed by atoms with E-state index in [0.29, 0.717) is 12.5 Å². The van der Waals surface area contributed by atoms with E-state index in [-0.39, 0.29) is 11.8 Å². The SMILES string of the molecule is C[C@@H]1C[C@H]1C(=O)NCc1cccnc1-n1ccnc1. The summed E-state index contributed by atoms with van der Waals surface area (Å²) in [4.78, 5) is 20.2. The molecule has 0 unspecified atom stereocenters. The van der Waals surface area contributed by atoms with Gasteiger partial charge in [-0.05, 0) is 18.4 Å². The van der Waals surface area contributed by atoms with Crippen LogP contribution >= 0.6 is 0 Å². The van der Waals surface area contributed by atoms with Crippen molar-refractivity contribution in [2.45, 2.75) is 19.9 Å². The molecule has 1 fully saturated rings. The Bertz CT molecular complexity index is 579. The fourth-order valence-electron chi connectivity index (χ4n) is 2.19. The van der Waals surface area contributed by atoms with Crippen LogP contribution in [-0.2, 0) is 11.3 Å². The van der Waals surface area contributed by atoms with Gasteiger partial charge in [0.05, 0.1) is 0 Å². The Labute approximate surface area is 111 Å². The fraction of sp³-hybridized carbons (Fsp3) is 0.357.